The van der Waals surface area contributed by atoms with Gasteiger partial charge < -0.3 is 0 Å². The lowest BCUT2D eigenvalue weighted by Gasteiger charge is -2.00. The van der Waals surface area contributed by atoms with Crippen LogP contribution in [0.3, 0.4) is 0 Å². The highest BCUT2D eigenvalue weighted by Gasteiger charge is 1.91. The molecule has 0 atom stereocenters. The van der Waals surface area contributed by atoms with Crippen LogP contribution >= 0.6 is 0 Å². The summed E-state index contributed by atoms with van der Waals surface area (Å²) in [5, 5.41) is 12.8. The first-order chi connectivity index (χ1) is 8.78. The molecule has 0 heterocycles. The topological polar surface area (TPSA) is 48.2 Å². The smallest absolute Gasteiger partial charge is 0.0991 e. The van der Waals surface area contributed by atoms with Crippen LogP contribution in [0.2, 0.25) is 0 Å². The van der Waals surface area contributed by atoms with Gasteiger partial charge in [0.2, 0.25) is 0 Å². The Bertz CT molecular complexity index is 592. The maximum absolute atomic E-state index is 8.68. The summed E-state index contributed by atoms with van der Waals surface area (Å²) in [6.45, 7) is 2.04. The molecule has 88 valence electrons. The summed E-state index contributed by atoms with van der Waals surface area (Å²) < 4.78 is 0. The molecule has 0 bridgehead atoms. The summed E-state index contributed by atoms with van der Waals surface area (Å²) in [5.41, 5.74) is 6.72. The molecule has 0 spiro atoms. The van der Waals surface area contributed by atoms with E-state index in [4.69, 9.17) is 5.26 Å². The molecular formula is C15H13N3. The standard InChI is InChI=1S/C15H13N3/c1-12-3-2-4-15(9-12)18-17-11-14-7-5-13(10-16)6-8-14/h2-9,11,18H,1H3/b17-11+. The van der Waals surface area contributed by atoms with Gasteiger partial charge in [-0.05, 0) is 42.3 Å². The largest absolute Gasteiger partial charge is 0.278 e. The van der Waals surface area contributed by atoms with Crippen molar-refractivity contribution >= 4 is 11.9 Å². The average Bonchev–Trinajstić information content (AvgIpc) is 2.40. The number of hydrogen-bond acceptors (Lipinski definition) is 3. The highest BCUT2D eigenvalue weighted by molar-refractivity contribution is 5.80. The number of hydrogen-bond donors (Lipinski definition) is 1. The fourth-order valence-corrected chi connectivity index (χ4v) is 1.54. The Morgan fingerprint density at radius 2 is 1.94 bits per heavy atom. The lowest BCUT2D eigenvalue weighted by Crippen LogP contribution is -1.90. The average molecular weight is 235 g/mol. The van der Waals surface area contributed by atoms with E-state index in [0.717, 1.165) is 11.3 Å². The first-order valence-electron chi connectivity index (χ1n) is 5.64. The van der Waals surface area contributed by atoms with E-state index in [1.165, 1.54) is 5.56 Å². The molecule has 0 saturated heterocycles. The first kappa shape index (κ1) is 11.9. The van der Waals surface area contributed by atoms with E-state index < -0.39 is 0 Å². The second kappa shape index (κ2) is 5.65. The van der Waals surface area contributed by atoms with Crippen LogP contribution in [0.15, 0.2) is 53.6 Å². The maximum Gasteiger partial charge on any atom is 0.0991 e. The highest BCUT2D eigenvalue weighted by Crippen LogP contribution is 2.09. The Morgan fingerprint density at radius 3 is 2.61 bits per heavy atom. The van der Waals surface area contributed by atoms with E-state index in [1.807, 2.05) is 43.3 Å². The summed E-state index contributed by atoms with van der Waals surface area (Å²) in [4.78, 5) is 0. The van der Waals surface area contributed by atoms with Crippen molar-refractivity contribution in [3.8, 4) is 6.07 Å². The highest BCUT2D eigenvalue weighted by atomic mass is 15.3. The maximum atomic E-state index is 8.68. The molecule has 3 nitrogen and oxygen atoms in total. The Balaban J connectivity index is 2.01. The van der Waals surface area contributed by atoms with Gasteiger partial charge in [0.1, 0.15) is 0 Å². The van der Waals surface area contributed by atoms with E-state index >= 15 is 0 Å². The van der Waals surface area contributed by atoms with Crippen LogP contribution in [0.4, 0.5) is 5.69 Å². The molecule has 0 fully saturated rings. The fraction of sp³-hybridized carbons (Fsp3) is 0.0667. The molecule has 18 heavy (non-hydrogen) atoms. The minimum Gasteiger partial charge on any atom is -0.278 e. The minimum atomic E-state index is 0.652. The second-order valence-electron chi connectivity index (χ2n) is 3.97. The van der Waals surface area contributed by atoms with Crippen molar-refractivity contribution in [3.05, 3.63) is 65.2 Å². The van der Waals surface area contributed by atoms with Gasteiger partial charge in [0.05, 0.1) is 23.5 Å². The summed E-state index contributed by atoms with van der Waals surface area (Å²) in [7, 11) is 0. The van der Waals surface area contributed by atoms with Crippen LogP contribution in [0.1, 0.15) is 16.7 Å². The number of rotatable bonds is 3. The number of anilines is 1. The quantitative estimate of drug-likeness (QED) is 0.655. The van der Waals surface area contributed by atoms with Crippen molar-refractivity contribution in [3.63, 3.8) is 0 Å². The molecule has 0 radical (unpaired) electrons. The Kier molecular flexibility index (Phi) is 3.72. The zero-order chi connectivity index (χ0) is 12.8. The number of nitrogens with one attached hydrogen (secondary N) is 1. The predicted molar refractivity (Wildman–Crippen MR) is 73.6 cm³/mol. The molecule has 0 saturated carbocycles. The van der Waals surface area contributed by atoms with Crippen molar-refractivity contribution in [2.75, 3.05) is 5.43 Å². The molecular weight excluding hydrogens is 222 g/mol. The molecule has 3 heteroatoms. The predicted octanol–water partition coefficient (Wildman–Crippen LogP) is 3.31. The summed E-state index contributed by atoms with van der Waals surface area (Å²) in [6, 6.07) is 17.4. The van der Waals surface area contributed by atoms with Crippen LogP contribution < -0.4 is 5.43 Å². The Labute approximate surface area is 106 Å². The van der Waals surface area contributed by atoms with Gasteiger partial charge >= 0.3 is 0 Å². The van der Waals surface area contributed by atoms with E-state index in [1.54, 1.807) is 18.3 Å². The van der Waals surface area contributed by atoms with Crippen molar-refractivity contribution in [2.45, 2.75) is 6.92 Å². The van der Waals surface area contributed by atoms with Crippen molar-refractivity contribution in [1.82, 2.24) is 0 Å². The molecule has 0 aliphatic carbocycles. The van der Waals surface area contributed by atoms with Gasteiger partial charge in [-0.3, -0.25) is 5.43 Å². The van der Waals surface area contributed by atoms with Crippen molar-refractivity contribution in [1.29, 1.82) is 5.26 Å². The van der Waals surface area contributed by atoms with Crippen LogP contribution in [0.25, 0.3) is 0 Å². The van der Waals surface area contributed by atoms with E-state index in [9.17, 15) is 0 Å². The zero-order valence-electron chi connectivity index (χ0n) is 10.1. The lowest BCUT2D eigenvalue weighted by molar-refractivity contribution is 1.33. The van der Waals surface area contributed by atoms with Gasteiger partial charge in [0.25, 0.3) is 0 Å². The van der Waals surface area contributed by atoms with Gasteiger partial charge in [-0.2, -0.15) is 10.4 Å². The van der Waals surface area contributed by atoms with E-state index in [2.05, 4.69) is 16.6 Å². The zero-order valence-corrected chi connectivity index (χ0v) is 10.1. The third kappa shape index (κ3) is 3.19. The number of nitriles is 1. The molecule has 2 aromatic rings. The summed E-state index contributed by atoms with van der Waals surface area (Å²) >= 11 is 0. The van der Waals surface area contributed by atoms with Gasteiger partial charge in [0.15, 0.2) is 0 Å². The van der Waals surface area contributed by atoms with Gasteiger partial charge in [-0.25, -0.2) is 0 Å². The fourth-order valence-electron chi connectivity index (χ4n) is 1.54. The van der Waals surface area contributed by atoms with Crippen molar-refractivity contribution < 1.29 is 0 Å². The normalized spacial score (nSPS) is 10.2. The first-order valence-corrected chi connectivity index (χ1v) is 5.64. The van der Waals surface area contributed by atoms with Gasteiger partial charge in [-0.1, -0.05) is 24.3 Å². The SMILES string of the molecule is Cc1cccc(N/N=C/c2ccc(C#N)cc2)c1. The number of hydrazone groups is 1. The summed E-state index contributed by atoms with van der Waals surface area (Å²) in [5.74, 6) is 0. The van der Waals surface area contributed by atoms with Gasteiger partial charge in [-0.15, -0.1) is 0 Å². The number of aryl methyl sites for hydroxylation is 1. The lowest BCUT2D eigenvalue weighted by atomic mass is 10.2. The minimum absolute atomic E-state index is 0.652. The third-order valence-electron chi connectivity index (χ3n) is 2.47. The second-order valence-corrected chi connectivity index (χ2v) is 3.97. The van der Waals surface area contributed by atoms with Crippen LogP contribution in [-0.4, -0.2) is 6.21 Å². The molecule has 0 aromatic heterocycles. The number of nitrogens with zero attached hydrogens (tertiary/aromatic N) is 2. The molecule has 0 unspecified atom stereocenters. The molecule has 2 aromatic carbocycles. The third-order valence-corrected chi connectivity index (χ3v) is 2.47. The molecule has 0 amide bonds. The number of benzene rings is 2. The molecule has 1 N–H and O–H groups in total. The molecule has 0 aliphatic rings. The Morgan fingerprint density at radius 1 is 1.17 bits per heavy atom. The van der Waals surface area contributed by atoms with Crippen LogP contribution in [0.5, 0.6) is 0 Å². The van der Waals surface area contributed by atoms with E-state index in [0.29, 0.717) is 5.56 Å². The Hall–Kier alpha value is -2.60. The van der Waals surface area contributed by atoms with Gasteiger partial charge in [0, 0.05) is 0 Å². The molecule has 2 rings (SSSR count). The van der Waals surface area contributed by atoms with Crippen LogP contribution in [-0.2, 0) is 0 Å². The summed E-state index contributed by atoms with van der Waals surface area (Å²) in [6.07, 6.45) is 1.73. The molecule has 0 aliphatic heterocycles. The van der Waals surface area contributed by atoms with Crippen molar-refractivity contribution in [2.24, 2.45) is 5.10 Å². The van der Waals surface area contributed by atoms with Crippen LogP contribution in [0, 0.1) is 18.3 Å². The van der Waals surface area contributed by atoms with E-state index in [-0.39, 0.29) is 0 Å². The monoisotopic (exact) mass is 235 g/mol.